The van der Waals surface area contributed by atoms with Gasteiger partial charge in [0.15, 0.2) is 17.7 Å². The highest BCUT2D eigenvalue weighted by molar-refractivity contribution is 6.50. The second-order valence-electron chi connectivity index (χ2n) is 13.5. The first-order chi connectivity index (χ1) is 24.7. The van der Waals surface area contributed by atoms with Crippen molar-refractivity contribution in [1.29, 1.82) is 5.41 Å². The molecule has 1 unspecified atom stereocenters. The minimum atomic E-state index is -1.19. The molecule has 276 valence electrons. The van der Waals surface area contributed by atoms with Gasteiger partial charge in [-0.1, -0.05) is 80.6 Å². The number of ketones is 3. The number of allylic oxidation sites excluding steroid dienone is 4. The van der Waals surface area contributed by atoms with Crippen molar-refractivity contribution in [2.24, 2.45) is 23.5 Å². The fourth-order valence-electron chi connectivity index (χ4n) is 6.81. The van der Waals surface area contributed by atoms with E-state index in [-0.39, 0.29) is 30.0 Å². The first-order valence-electron chi connectivity index (χ1n) is 17.1. The summed E-state index contributed by atoms with van der Waals surface area (Å²) in [5, 5.41) is 21.4. The number of fused-ring (bicyclic) bond motifs is 3. The van der Waals surface area contributed by atoms with Crippen molar-refractivity contribution in [2.45, 2.75) is 65.0 Å². The predicted molar refractivity (Wildman–Crippen MR) is 196 cm³/mol. The Labute approximate surface area is 303 Å². The lowest BCUT2D eigenvalue weighted by Gasteiger charge is -2.32. The van der Waals surface area contributed by atoms with Crippen molar-refractivity contribution in [3.05, 3.63) is 95.3 Å². The number of hydrogen-bond donors (Lipinski definition) is 3. The molecule has 0 saturated heterocycles. The van der Waals surface area contributed by atoms with Crippen molar-refractivity contribution in [2.75, 3.05) is 20.8 Å². The van der Waals surface area contributed by atoms with Gasteiger partial charge in [-0.05, 0) is 49.0 Å². The molecule has 2 aliphatic rings. The third kappa shape index (κ3) is 9.05. The molecule has 2 aromatic carbocycles. The third-order valence-corrected chi connectivity index (χ3v) is 9.65. The molecule has 52 heavy (non-hydrogen) atoms. The Bertz CT molecular complexity index is 1850. The number of Topliss-reactive ketones (excluding diaryl/α,β-unsaturated/α-hetero) is 2. The number of hydrogen-bond acceptors (Lipinski definition) is 10. The average Bonchev–Trinajstić information content (AvgIpc) is 3.12. The molecule has 12 heteroatoms. The standard InChI is InChI=1S/C40H47N3O9/c1-22-17-29-35(41)31(44)20-30(37(29)47)43(21-32(45)28-15-10-13-26-12-7-8-14-27(26)28)39(48)23(2)11-9-16-33(50-5)38(52-40(42)49)25(4)19-24(3)36(46)34(18-22)51-6/h7-16,19-20,22,24,29,33-34,36,38,41,46H,17-18,21H2,1-6H3,(H2,42,49)/t22-,24+,29?,33+,34+,36-,38+/m1/s1. The Hall–Kier alpha value is -5.04. The van der Waals surface area contributed by atoms with Crippen LogP contribution in [0.3, 0.4) is 0 Å². The lowest BCUT2D eigenvalue weighted by molar-refractivity contribution is -0.129. The second kappa shape index (κ2) is 17.5. The van der Waals surface area contributed by atoms with Gasteiger partial charge in [0.1, 0.15) is 6.10 Å². The molecule has 0 fully saturated rings. The van der Waals surface area contributed by atoms with Crippen LogP contribution in [0.25, 0.3) is 10.8 Å². The topological polar surface area (TPSA) is 186 Å². The lowest BCUT2D eigenvalue weighted by Crippen LogP contribution is -2.45. The van der Waals surface area contributed by atoms with E-state index in [2.05, 4.69) is 0 Å². The summed E-state index contributed by atoms with van der Waals surface area (Å²) in [5.74, 6) is -4.58. The second-order valence-corrected chi connectivity index (χ2v) is 13.5. The van der Waals surface area contributed by atoms with Crippen LogP contribution in [0.2, 0.25) is 0 Å². The Morgan fingerprint density at radius 2 is 1.69 bits per heavy atom. The summed E-state index contributed by atoms with van der Waals surface area (Å²) < 4.78 is 16.7. The molecule has 2 bridgehead atoms. The Kier molecular flexibility index (Phi) is 13.3. The van der Waals surface area contributed by atoms with Gasteiger partial charge in [-0.2, -0.15) is 0 Å². The number of aliphatic hydroxyl groups excluding tert-OH is 1. The van der Waals surface area contributed by atoms with E-state index in [1.165, 1.54) is 33.3 Å². The van der Waals surface area contributed by atoms with Crippen LogP contribution in [-0.4, -0.2) is 90.2 Å². The van der Waals surface area contributed by atoms with E-state index < -0.39 is 77.9 Å². The normalized spacial score (nSPS) is 26.9. The maximum Gasteiger partial charge on any atom is 0.405 e. The highest BCUT2D eigenvalue weighted by Gasteiger charge is 2.40. The number of ether oxygens (including phenoxy) is 3. The summed E-state index contributed by atoms with van der Waals surface area (Å²) in [6.45, 7) is 6.24. The summed E-state index contributed by atoms with van der Waals surface area (Å²) in [7, 11) is 2.86. The number of rotatable bonds is 6. The Morgan fingerprint density at radius 1 is 1.00 bits per heavy atom. The number of nitrogens with two attached hydrogens (primary N) is 1. The number of primary amides is 1. The molecule has 0 spiro atoms. The van der Waals surface area contributed by atoms with Crippen LogP contribution < -0.4 is 5.73 Å². The number of nitrogens with one attached hydrogen (secondary N) is 1. The van der Waals surface area contributed by atoms with Crippen molar-refractivity contribution < 1.29 is 43.3 Å². The lowest BCUT2D eigenvalue weighted by atomic mass is 9.79. The first-order valence-corrected chi connectivity index (χ1v) is 17.1. The molecule has 0 aromatic heterocycles. The molecule has 2 amide bonds. The van der Waals surface area contributed by atoms with Crippen LogP contribution >= 0.6 is 0 Å². The van der Waals surface area contributed by atoms with Crippen LogP contribution in [0, 0.1) is 23.2 Å². The van der Waals surface area contributed by atoms with Crippen molar-refractivity contribution in [1.82, 2.24) is 4.90 Å². The van der Waals surface area contributed by atoms with E-state index >= 15 is 0 Å². The van der Waals surface area contributed by atoms with Gasteiger partial charge in [-0.3, -0.25) is 24.1 Å². The maximum atomic E-state index is 14.2. The summed E-state index contributed by atoms with van der Waals surface area (Å²) in [5.41, 5.74) is 5.70. The largest absolute Gasteiger partial charge is 0.439 e. The monoisotopic (exact) mass is 713 g/mol. The number of benzene rings is 2. The van der Waals surface area contributed by atoms with Crippen molar-refractivity contribution in [3.63, 3.8) is 0 Å². The minimum Gasteiger partial charge on any atom is -0.439 e. The predicted octanol–water partition coefficient (Wildman–Crippen LogP) is 4.89. The average molecular weight is 714 g/mol. The molecule has 1 aliphatic heterocycles. The van der Waals surface area contributed by atoms with E-state index in [9.17, 15) is 29.1 Å². The van der Waals surface area contributed by atoms with Crippen molar-refractivity contribution in [3.8, 4) is 0 Å². The van der Waals surface area contributed by atoms with Gasteiger partial charge in [0, 0.05) is 37.4 Å². The van der Waals surface area contributed by atoms with Gasteiger partial charge in [0.25, 0.3) is 5.91 Å². The van der Waals surface area contributed by atoms with Gasteiger partial charge >= 0.3 is 6.09 Å². The number of carbonyl (C=O) groups excluding carboxylic acids is 5. The van der Waals surface area contributed by atoms with E-state index in [4.69, 9.17) is 25.4 Å². The van der Waals surface area contributed by atoms with E-state index in [1.807, 2.05) is 25.1 Å². The fourth-order valence-corrected chi connectivity index (χ4v) is 6.81. The highest BCUT2D eigenvalue weighted by atomic mass is 16.6. The van der Waals surface area contributed by atoms with Gasteiger partial charge in [-0.15, -0.1) is 0 Å². The third-order valence-electron chi connectivity index (χ3n) is 9.65. The zero-order valence-corrected chi connectivity index (χ0v) is 30.3. The van der Waals surface area contributed by atoms with Crippen LogP contribution in [0.1, 0.15) is 50.9 Å². The smallest absolute Gasteiger partial charge is 0.405 e. The quantitative estimate of drug-likeness (QED) is 0.277. The zero-order chi connectivity index (χ0) is 38.3. The van der Waals surface area contributed by atoms with E-state index in [1.54, 1.807) is 50.3 Å². The number of nitrogens with zero attached hydrogens (tertiary/aromatic N) is 1. The van der Waals surface area contributed by atoms with Gasteiger partial charge < -0.3 is 30.5 Å². The minimum absolute atomic E-state index is 0.0531. The molecule has 1 aliphatic carbocycles. The van der Waals surface area contributed by atoms with Crippen LogP contribution in [0.4, 0.5) is 4.79 Å². The van der Waals surface area contributed by atoms with Crippen molar-refractivity contribution >= 4 is 45.8 Å². The molecule has 1 heterocycles. The molecule has 0 radical (unpaired) electrons. The van der Waals surface area contributed by atoms with Crippen LogP contribution in [-0.2, 0) is 28.6 Å². The molecule has 4 N–H and O–H groups in total. The summed E-state index contributed by atoms with van der Waals surface area (Å²) in [6, 6.07) is 12.5. The highest BCUT2D eigenvalue weighted by Crippen LogP contribution is 2.31. The van der Waals surface area contributed by atoms with Gasteiger partial charge in [0.2, 0.25) is 5.78 Å². The Balaban J connectivity index is 1.85. The van der Waals surface area contributed by atoms with E-state index in [0.29, 0.717) is 16.5 Å². The van der Waals surface area contributed by atoms with Gasteiger partial charge in [-0.25, -0.2) is 4.79 Å². The fraction of sp³-hybridized carbons (Fsp3) is 0.400. The SMILES string of the molecule is CO[C@H]1C=CC=C(C)C(=O)N(CC(=O)c2cccc3ccccc23)C2=CC(=O)C(=N)C(C[C@@H](C)C[C@H](OC)[C@H](O)[C@@H](C)C=C(C)[C@@H]1OC(N)=O)C2=O. The molecular weight excluding hydrogens is 666 g/mol. The van der Waals surface area contributed by atoms with E-state index in [0.717, 1.165) is 16.4 Å². The number of aliphatic hydroxyl groups is 1. The number of amides is 2. The molecule has 4 rings (SSSR count). The molecular formula is C40H47N3O9. The Morgan fingerprint density at radius 3 is 2.37 bits per heavy atom. The number of methoxy groups -OCH3 is 2. The molecule has 7 atom stereocenters. The molecule has 2 aromatic rings. The van der Waals surface area contributed by atoms with Gasteiger partial charge in [0.05, 0.1) is 36.1 Å². The molecule has 0 saturated carbocycles. The summed E-state index contributed by atoms with van der Waals surface area (Å²) in [4.78, 5) is 68.6. The first kappa shape index (κ1) is 39.7. The summed E-state index contributed by atoms with van der Waals surface area (Å²) in [6.07, 6.45) is 2.85. The summed E-state index contributed by atoms with van der Waals surface area (Å²) >= 11 is 0. The zero-order valence-electron chi connectivity index (χ0n) is 30.3. The number of carbonyl (C=O) groups is 5. The molecule has 12 nitrogen and oxygen atoms in total. The van der Waals surface area contributed by atoms with Crippen LogP contribution in [0.5, 0.6) is 0 Å². The maximum absolute atomic E-state index is 14.2. The van der Waals surface area contributed by atoms with Crippen LogP contribution in [0.15, 0.2) is 89.7 Å².